The Morgan fingerprint density at radius 2 is 1.76 bits per heavy atom. The Bertz CT molecular complexity index is 671. The molecule has 3 aliphatic rings. The summed E-state index contributed by atoms with van der Waals surface area (Å²) >= 11 is 0. The summed E-state index contributed by atoms with van der Waals surface area (Å²) in [5.41, 5.74) is 0. The third kappa shape index (κ3) is 2.80. The predicted octanol–water partition coefficient (Wildman–Crippen LogP) is 0.314. The number of pyridine rings is 1. The van der Waals surface area contributed by atoms with E-state index in [1.54, 1.807) is 17.0 Å². The molecule has 0 aliphatic carbocycles. The molecular weight excluding hydrogens is 326 g/mol. The fourth-order valence-electron chi connectivity index (χ4n) is 4.24. The highest BCUT2D eigenvalue weighted by Crippen LogP contribution is 2.44. The first-order valence-electron chi connectivity index (χ1n) is 8.61. The predicted molar refractivity (Wildman–Crippen MR) is 87.2 cm³/mol. The molecule has 2 bridgehead atoms. The number of hydrogen-bond donors (Lipinski definition) is 2. The van der Waals surface area contributed by atoms with Crippen LogP contribution in [0.5, 0.6) is 5.75 Å². The Morgan fingerprint density at radius 1 is 1.08 bits per heavy atom. The lowest BCUT2D eigenvalue weighted by Crippen LogP contribution is -2.53. The van der Waals surface area contributed by atoms with E-state index in [0.29, 0.717) is 26.2 Å². The molecule has 8 nitrogen and oxygen atoms in total. The highest BCUT2D eigenvalue weighted by Gasteiger charge is 2.56. The molecule has 4 heterocycles. The number of aromatic nitrogens is 1. The Hall–Kier alpha value is -2.35. The molecule has 4 unspecified atom stereocenters. The van der Waals surface area contributed by atoms with Gasteiger partial charge in [0.1, 0.15) is 11.6 Å². The van der Waals surface area contributed by atoms with E-state index < -0.39 is 17.8 Å². The number of carboxylic acids is 1. The number of ether oxygens (including phenoxy) is 1. The van der Waals surface area contributed by atoms with E-state index in [2.05, 4.69) is 9.88 Å². The molecule has 3 aliphatic heterocycles. The first-order chi connectivity index (χ1) is 12.0. The minimum atomic E-state index is -0.933. The zero-order chi connectivity index (χ0) is 17.6. The number of anilines is 1. The molecule has 2 N–H and O–H groups in total. The summed E-state index contributed by atoms with van der Waals surface area (Å²) in [6.07, 6.45) is 2.32. The average molecular weight is 347 g/mol. The van der Waals surface area contributed by atoms with Gasteiger partial charge in [0.25, 0.3) is 0 Å². The van der Waals surface area contributed by atoms with E-state index in [0.717, 1.165) is 18.7 Å². The van der Waals surface area contributed by atoms with E-state index in [4.69, 9.17) is 4.74 Å². The quantitative estimate of drug-likeness (QED) is 0.811. The minimum Gasteiger partial charge on any atom is -0.506 e. The van der Waals surface area contributed by atoms with Gasteiger partial charge in [-0.1, -0.05) is 0 Å². The third-order valence-corrected chi connectivity index (χ3v) is 5.49. The highest BCUT2D eigenvalue weighted by atomic mass is 16.5. The second-order valence-corrected chi connectivity index (χ2v) is 6.87. The zero-order valence-corrected chi connectivity index (χ0v) is 13.7. The average Bonchev–Trinajstić information content (AvgIpc) is 3.23. The van der Waals surface area contributed by atoms with Crippen molar-refractivity contribution >= 4 is 17.7 Å². The Morgan fingerprint density at radius 3 is 2.36 bits per heavy atom. The van der Waals surface area contributed by atoms with Gasteiger partial charge in [0, 0.05) is 26.2 Å². The van der Waals surface area contributed by atoms with Crippen LogP contribution in [0, 0.1) is 11.8 Å². The van der Waals surface area contributed by atoms with Crippen LogP contribution < -0.4 is 4.90 Å². The first-order valence-corrected chi connectivity index (χ1v) is 8.61. The van der Waals surface area contributed by atoms with Gasteiger partial charge in [0.15, 0.2) is 0 Å². The fourth-order valence-corrected chi connectivity index (χ4v) is 4.24. The second kappa shape index (κ2) is 6.18. The van der Waals surface area contributed by atoms with Crippen LogP contribution in [-0.2, 0) is 14.3 Å². The van der Waals surface area contributed by atoms with Crippen molar-refractivity contribution in [1.82, 2.24) is 9.88 Å². The summed E-state index contributed by atoms with van der Waals surface area (Å²) in [6.45, 7) is 2.31. The van der Waals surface area contributed by atoms with Gasteiger partial charge in [-0.25, -0.2) is 4.98 Å². The summed E-state index contributed by atoms with van der Waals surface area (Å²) < 4.78 is 5.70. The number of rotatable bonds is 3. The van der Waals surface area contributed by atoms with Gasteiger partial charge < -0.3 is 24.7 Å². The number of carboxylic acid groups (broad SMARTS) is 1. The van der Waals surface area contributed by atoms with Crippen LogP contribution in [0.1, 0.15) is 12.8 Å². The van der Waals surface area contributed by atoms with E-state index in [9.17, 15) is 19.8 Å². The van der Waals surface area contributed by atoms with Crippen LogP contribution in [-0.4, -0.2) is 70.4 Å². The number of aromatic hydroxyl groups is 1. The Balaban J connectivity index is 1.41. The van der Waals surface area contributed by atoms with Crippen molar-refractivity contribution in [3.05, 3.63) is 18.3 Å². The van der Waals surface area contributed by atoms with Gasteiger partial charge in [-0.3, -0.25) is 9.59 Å². The maximum atomic E-state index is 12.9. The van der Waals surface area contributed by atoms with Crippen molar-refractivity contribution in [2.75, 3.05) is 31.1 Å². The molecule has 0 saturated carbocycles. The van der Waals surface area contributed by atoms with Gasteiger partial charge >= 0.3 is 5.97 Å². The Kier molecular flexibility index (Phi) is 3.99. The number of piperazine rings is 1. The lowest BCUT2D eigenvalue weighted by molar-refractivity contribution is -0.151. The molecule has 3 saturated heterocycles. The van der Waals surface area contributed by atoms with Crippen molar-refractivity contribution in [3.63, 3.8) is 0 Å². The number of carbonyl (C=O) groups is 2. The topological polar surface area (TPSA) is 103 Å². The van der Waals surface area contributed by atoms with Crippen molar-refractivity contribution < 1.29 is 24.5 Å². The minimum absolute atomic E-state index is 0.0992. The van der Waals surface area contributed by atoms with Crippen LogP contribution >= 0.6 is 0 Å². The molecular formula is C17H21N3O5. The van der Waals surface area contributed by atoms with E-state index in [1.165, 1.54) is 6.20 Å². The van der Waals surface area contributed by atoms with Crippen LogP contribution in [0.4, 0.5) is 5.82 Å². The molecule has 1 aromatic rings. The number of hydrogen-bond acceptors (Lipinski definition) is 6. The smallest absolute Gasteiger partial charge is 0.310 e. The lowest BCUT2D eigenvalue weighted by atomic mass is 9.78. The molecule has 134 valence electrons. The molecule has 3 fully saturated rings. The first kappa shape index (κ1) is 16.1. The van der Waals surface area contributed by atoms with Crippen LogP contribution in [0.25, 0.3) is 0 Å². The number of nitrogens with zero attached hydrogens (tertiary/aromatic N) is 3. The summed E-state index contributed by atoms with van der Waals surface area (Å²) in [4.78, 5) is 32.5. The molecule has 4 rings (SSSR count). The molecule has 1 amide bonds. The maximum absolute atomic E-state index is 12.9. The van der Waals surface area contributed by atoms with Crippen LogP contribution in [0.2, 0.25) is 0 Å². The highest BCUT2D eigenvalue weighted by molar-refractivity contribution is 5.86. The fraction of sp³-hybridized carbons (Fsp3) is 0.588. The number of aliphatic carboxylic acids is 1. The standard InChI is InChI=1S/C17H21N3O5/c21-10-1-4-13(18-9-10)19-5-7-20(8-6-19)16(22)14-11-2-3-12(25-11)15(14)17(23)24/h1,4,9,11-12,14-15,21H,2-3,5-8H2,(H,23,24). The SMILES string of the molecule is O=C(O)C1C2CCC(O2)C1C(=O)N1CCN(c2ccc(O)cn2)CC1. The van der Waals surface area contributed by atoms with Gasteiger partial charge in [-0.15, -0.1) is 0 Å². The van der Waals surface area contributed by atoms with E-state index in [1.807, 2.05) is 0 Å². The molecule has 0 radical (unpaired) electrons. The van der Waals surface area contributed by atoms with Crippen LogP contribution in [0.15, 0.2) is 18.3 Å². The van der Waals surface area contributed by atoms with Gasteiger partial charge in [-0.05, 0) is 25.0 Å². The lowest BCUT2D eigenvalue weighted by Gasteiger charge is -2.38. The van der Waals surface area contributed by atoms with Crippen LogP contribution in [0.3, 0.4) is 0 Å². The summed E-state index contributed by atoms with van der Waals surface area (Å²) in [7, 11) is 0. The summed E-state index contributed by atoms with van der Waals surface area (Å²) in [5, 5.41) is 18.8. The Labute approximate surface area is 145 Å². The second-order valence-electron chi connectivity index (χ2n) is 6.87. The maximum Gasteiger partial charge on any atom is 0.310 e. The molecule has 25 heavy (non-hydrogen) atoms. The molecule has 4 atom stereocenters. The van der Waals surface area contributed by atoms with Crippen molar-refractivity contribution in [2.24, 2.45) is 11.8 Å². The van der Waals surface area contributed by atoms with Gasteiger partial charge in [0.05, 0.1) is 30.2 Å². The number of carbonyl (C=O) groups excluding carboxylic acids is 1. The van der Waals surface area contributed by atoms with Crippen molar-refractivity contribution in [3.8, 4) is 5.75 Å². The van der Waals surface area contributed by atoms with Crippen molar-refractivity contribution in [2.45, 2.75) is 25.0 Å². The normalized spacial score (nSPS) is 31.4. The largest absolute Gasteiger partial charge is 0.506 e. The van der Waals surface area contributed by atoms with Gasteiger partial charge in [-0.2, -0.15) is 0 Å². The molecule has 8 heteroatoms. The summed E-state index contributed by atoms with van der Waals surface area (Å²) in [5.74, 6) is -1.43. The zero-order valence-electron chi connectivity index (χ0n) is 13.7. The monoisotopic (exact) mass is 347 g/mol. The van der Waals surface area contributed by atoms with E-state index in [-0.39, 0.29) is 23.9 Å². The number of amides is 1. The molecule has 0 aromatic carbocycles. The van der Waals surface area contributed by atoms with E-state index >= 15 is 0 Å². The summed E-state index contributed by atoms with van der Waals surface area (Å²) in [6, 6.07) is 3.33. The number of fused-ring (bicyclic) bond motifs is 2. The van der Waals surface area contributed by atoms with Gasteiger partial charge in [0.2, 0.25) is 5.91 Å². The van der Waals surface area contributed by atoms with Crippen molar-refractivity contribution in [1.29, 1.82) is 0 Å². The third-order valence-electron chi connectivity index (χ3n) is 5.49. The molecule has 0 spiro atoms. The molecule has 1 aromatic heterocycles.